The molecule has 2 rings (SSSR count). The van der Waals surface area contributed by atoms with Gasteiger partial charge in [0.1, 0.15) is 0 Å². The molecule has 0 aliphatic rings. The van der Waals surface area contributed by atoms with Crippen molar-refractivity contribution in [3.8, 4) is 11.4 Å². The SMILES string of the molecule is CC(N)(c1nc(-c2ccc(Cl)c(Cl)c2)no1)C(F)(F)F. The molecule has 0 aliphatic heterocycles. The number of halogens is 5. The molecule has 1 atom stereocenters. The average Bonchev–Trinajstić information content (AvgIpc) is 2.81. The van der Waals surface area contributed by atoms with Crippen LogP contribution >= 0.6 is 23.2 Å². The second-order valence-electron chi connectivity index (χ2n) is 4.25. The number of hydrogen-bond donors (Lipinski definition) is 1. The predicted molar refractivity (Wildman–Crippen MR) is 67.3 cm³/mol. The third kappa shape index (κ3) is 2.61. The molecule has 108 valence electrons. The van der Waals surface area contributed by atoms with E-state index in [0.717, 1.165) is 6.92 Å². The minimum atomic E-state index is -4.71. The summed E-state index contributed by atoms with van der Waals surface area (Å²) < 4.78 is 42.9. The van der Waals surface area contributed by atoms with Crippen LogP contribution in [0.4, 0.5) is 13.2 Å². The van der Waals surface area contributed by atoms with Crippen LogP contribution in [0.2, 0.25) is 10.0 Å². The van der Waals surface area contributed by atoms with Crippen LogP contribution < -0.4 is 5.73 Å². The maximum absolute atomic E-state index is 12.8. The van der Waals surface area contributed by atoms with Crippen LogP contribution in [0.15, 0.2) is 22.7 Å². The van der Waals surface area contributed by atoms with Gasteiger partial charge in [-0.15, -0.1) is 0 Å². The van der Waals surface area contributed by atoms with E-state index in [1.54, 1.807) is 0 Å². The quantitative estimate of drug-likeness (QED) is 0.912. The molecule has 0 saturated heterocycles. The van der Waals surface area contributed by atoms with E-state index in [1.807, 2.05) is 0 Å². The van der Waals surface area contributed by atoms with Crippen molar-refractivity contribution in [2.24, 2.45) is 5.73 Å². The molecule has 20 heavy (non-hydrogen) atoms. The highest BCUT2D eigenvalue weighted by atomic mass is 35.5. The second-order valence-corrected chi connectivity index (χ2v) is 5.07. The molecule has 1 unspecified atom stereocenters. The molecule has 2 aromatic rings. The Labute approximate surface area is 121 Å². The standard InChI is InChI=1S/C11H8Cl2F3N3O/c1-10(17,11(14,15)16)9-18-8(19-20-9)5-2-3-6(12)7(13)4-5/h2-4H,17H2,1H3. The molecule has 0 saturated carbocycles. The first kappa shape index (κ1) is 15.1. The van der Waals surface area contributed by atoms with Crippen molar-refractivity contribution in [2.45, 2.75) is 18.6 Å². The van der Waals surface area contributed by atoms with E-state index in [0.29, 0.717) is 10.6 Å². The van der Waals surface area contributed by atoms with E-state index in [9.17, 15) is 13.2 Å². The Balaban J connectivity index is 2.41. The van der Waals surface area contributed by atoms with Crippen LogP contribution in [0.25, 0.3) is 11.4 Å². The van der Waals surface area contributed by atoms with E-state index >= 15 is 0 Å². The first-order valence-electron chi connectivity index (χ1n) is 5.28. The molecule has 2 N–H and O–H groups in total. The summed E-state index contributed by atoms with van der Waals surface area (Å²) in [6.45, 7) is 0.749. The third-order valence-corrected chi connectivity index (χ3v) is 3.38. The Morgan fingerprint density at radius 2 is 1.85 bits per heavy atom. The van der Waals surface area contributed by atoms with E-state index in [-0.39, 0.29) is 10.8 Å². The van der Waals surface area contributed by atoms with Gasteiger partial charge in [0.2, 0.25) is 5.82 Å². The Morgan fingerprint density at radius 3 is 2.40 bits per heavy atom. The van der Waals surface area contributed by atoms with Crippen molar-refractivity contribution in [3.63, 3.8) is 0 Å². The second kappa shape index (κ2) is 4.91. The van der Waals surface area contributed by atoms with Gasteiger partial charge in [0, 0.05) is 5.56 Å². The zero-order chi connectivity index (χ0) is 15.1. The van der Waals surface area contributed by atoms with Crippen molar-refractivity contribution in [1.29, 1.82) is 0 Å². The largest absolute Gasteiger partial charge is 0.415 e. The van der Waals surface area contributed by atoms with Gasteiger partial charge in [0.05, 0.1) is 10.0 Å². The van der Waals surface area contributed by atoms with Crippen molar-refractivity contribution in [2.75, 3.05) is 0 Å². The van der Waals surface area contributed by atoms with Crippen LogP contribution in [-0.4, -0.2) is 16.3 Å². The molecular formula is C11H8Cl2F3N3O. The van der Waals surface area contributed by atoms with Gasteiger partial charge in [0.25, 0.3) is 5.89 Å². The lowest BCUT2D eigenvalue weighted by atomic mass is 10.0. The van der Waals surface area contributed by atoms with Gasteiger partial charge in [-0.05, 0) is 25.1 Å². The van der Waals surface area contributed by atoms with Gasteiger partial charge in [-0.1, -0.05) is 28.4 Å². The monoisotopic (exact) mass is 325 g/mol. The molecular weight excluding hydrogens is 318 g/mol. The fourth-order valence-electron chi connectivity index (χ4n) is 1.31. The molecule has 0 bridgehead atoms. The van der Waals surface area contributed by atoms with Crippen molar-refractivity contribution >= 4 is 23.2 Å². The predicted octanol–water partition coefficient (Wildman–Crippen LogP) is 3.78. The molecule has 0 amide bonds. The van der Waals surface area contributed by atoms with E-state index < -0.39 is 17.6 Å². The Hall–Kier alpha value is -1.31. The first-order valence-corrected chi connectivity index (χ1v) is 6.04. The fourth-order valence-corrected chi connectivity index (χ4v) is 1.61. The zero-order valence-corrected chi connectivity index (χ0v) is 11.5. The van der Waals surface area contributed by atoms with Gasteiger partial charge >= 0.3 is 6.18 Å². The number of aromatic nitrogens is 2. The summed E-state index contributed by atoms with van der Waals surface area (Å²) in [5, 5.41) is 4.00. The molecule has 0 aliphatic carbocycles. The molecule has 4 nitrogen and oxygen atoms in total. The van der Waals surface area contributed by atoms with Crippen molar-refractivity contribution < 1.29 is 17.7 Å². The highest BCUT2D eigenvalue weighted by Crippen LogP contribution is 2.36. The lowest BCUT2D eigenvalue weighted by Crippen LogP contribution is -2.47. The Bertz CT molecular complexity index is 640. The minimum absolute atomic E-state index is 0.0560. The molecule has 0 fully saturated rings. The third-order valence-electron chi connectivity index (χ3n) is 2.64. The van der Waals surface area contributed by atoms with Crippen LogP contribution in [0, 0.1) is 0 Å². The van der Waals surface area contributed by atoms with Gasteiger partial charge in [-0.25, -0.2) is 0 Å². The molecule has 1 heterocycles. The summed E-state index contributed by atoms with van der Waals surface area (Å²) >= 11 is 11.6. The molecule has 0 spiro atoms. The summed E-state index contributed by atoms with van der Waals surface area (Å²) in [5.74, 6) is -0.787. The van der Waals surface area contributed by atoms with Crippen LogP contribution in [0.5, 0.6) is 0 Å². The first-order chi connectivity index (χ1) is 9.13. The maximum Gasteiger partial charge on any atom is 0.415 e. The van der Waals surface area contributed by atoms with Crippen LogP contribution in [0.1, 0.15) is 12.8 Å². The van der Waals surface area contributed by atoms with E-state index in [2.05, 4.69) is 14.7 Å². The normalized spacial score (nSPS) is 15.2. The van der Waals surface area contributed by atoms with Crippen molar-refractivity contribution in [1.82, 2.24) is 10.1 Å². The van der Waals surface area contributed by atoms with Crippen LogP contribution in [-0.2, 0) is 5.54 Å². The fraction of sp³-hybridized carbons (Fsp3) is 0.273. The van der Waals surface area contributed by atoms with Gasteiger partial charge < -0.3 is 10.3 Å². The molecule has 1 aromatic carbocycles. The Kier molecular flexibility index (Phi) is 3.70. The summed E-state index contributed by atoms with van der Waals surface area (Å²) in [6, 6.07) is 4.39. The molecule has 0 radical (unpaired) electrons. The van der Waals surface area contributed by atoms with Gasteiger partial charge in [-0.2, -0.15) is 18.2 Å². The Morgan fingerprint density at radius 1 is 1.20 bits per heavy atom. The number of nitrogens with zero attached hydrogens (tertiary/aromatic N) is 2. The highest BCUT2D eigenvalue weighted by Gasteiger charge is 2.53. The lowest BCUT2D eigenvalue weighted by molar-refractivity contribution is -0.190. The number of hydrogen-bond acceptors (Lipinski definition) is 4. The topological polar surface area (TPSA) is 64.9 Å². The maximum atomic E-state index is 12.8. The molecule has 9 heteroatoms. The van der Waals surface area contributed by atoms with Crippen molar-refractivity contribution in [3.05, 3.63) is 34.1 Å². The highest BCUT2D eigenvalue weighted by molar-refractivity contribution is 6.42. The number of rotatable bonds is 2. The number of alkyl halides is 3. The smallest absolute Gasteiger partial charge is 0.337 e. The van der Waals surface area contributed by atoms with Crippen LogP contribution in [0.3, 0.4) is 0 Å². The zero-order valence-electron chi connectivity index (χ0n) is 10.0. The number of benzene rings is 1. The summed E-state index contributed by atoms with van der Waals surface area (Å²) in [7, 11) is 0. The summed E-state index contributed by atoms with van der Waals surface area (Å²) in [6.07, 6.45) is -4.71. The summed E-state index contributed by atoms with van der Waals surface area (Å²) in [5.41, 5.74) is 2.83. The number of nitrogens with two attached hydrogens (primary N) is 1. The van der Waals surface area contributed by atoms with Gasteiger partial charge in [0.15, 0.2) is 5.54 Å². The van der Waals surface area contributed by atoms with E-state index in [4.69, 9.17) is 28.9 Å². The summed E-state index contributed by atoms with van der Waals surface area (Å²) in [4.78, 5) is 3.66. The lowest BCUT2D eigenvalue weighted by Gasteiger charge is -2.22. The molecule has 1 aromatic heterocycles. The van der Waals surface area contributed by atoms with Gasteiger partial charge in [-0.3, -0.25) is 0 Å². The van der Waals surface area contributed by atoms with E-state index in [1.165, 1.54) is 18.2 Å². The minimum Gasteiger partial charge on any atom is -0.337 e. The average molecular weight is 326 g/mol.